The van der Waals surface area contributed by atoms with Gasteiger partial charge in [-0.1, -0.05) is 17.7 Å². The van der Waals surface area contributed by atoms with Crippen molar-refractivity contribution in [3.8, 4) is 17.4 Å². The first-order chi connectivity index (χ1) is 18.4. The summed E-state index contributed by atoms with van der Waals surface area (Å²) in [5.41, 5.74) is -0.650. The third-order valence-corrected chi connectivity index (χ3v) is 5.82. The first-order valence-corrected chi connectivity index (χ1v) is 13.1. The highest BCUT2D eigenvalue weighted by Gasteiger charge is 2.32. The molecule has 39 heavy (non-hydrogen) atoms. The minimum atomic E-state index is -4.64. The Balaban J connectivity index is 2.10. The zero-order valence-corrected chi connectivity index (χ0v) is 22.5. The van der Waals surface area contributed by atoms with E-state index in [-0.39, 0.29) is 36.4 Å². The second kappa shape index (κ2) is 15.5. The number of nitrogens with zero attached hydrogens (tertiary/aromatic N) is 1. The van der Waals surface area contributed by atoms with Crippen molar-refractivity contribution in [2.75, 3.05) is 47.2 Å². The van der Waals surface area contributed by atoms with E-state index in [2.05, 4.69) is 9.71 Å². The van der Waals surface area contributed by atoms with Gasteiger partial charge in [0.05, 0.1) is 12.2 Å². The van der Waals surface area contributed by atoms with Crippen molar-refractivity contribution in [2.45, 2.75) is 12.6 Å². The fourth-order valence-corrected chi connectivity index (χ4v) is 3.70. The molecule has 1 heterocycles. The van der Waals surface area contributed by atoms with Crippen LogP contribution < -0.4 is 18.9 Å². The van der Waals surface area contributed by atoms with Crippen molar-refractivity contribution < 1.29 is 50.1 Å². The quantitative estimate of drug-likeness (QED) is 0.290. The number of aromatic nitrogens is 1. The van der Waals surface area contributed by atoms with E-state index < -0.39 is 28.0 Å². The van der Waals surface area contributed by atoms with E-state index in [9.17, 15) is 26.4 Å². The van der Waals surface area contributed by atoms with Crippen LogP contribution in [0.2, 0.25) is 5.02 Å². The summed E-state index contributed by atoms with van der Waals surface area (Å²) in [7, 11) is -1.14. The lowest BCUT2D eigenvalue weighted by Gasteiger charge is -2.13. The Morgan fingerprint density at radius 2 is 1.87 bits per heavy atom. The molecule has 0 spiro atoms. The van der Waals surface area contributed by atoms with Gasteiger partial charge >= 0.3 is 22.5 Å². The van der Waals surface area contributed by atoms with Gasteiger partial charge in [-0.3, -0.25) is 0 Å². The molecule has 2 N–H and O–H groups in total. The summed E-state index contributed by atoms with van der Waals surface area (Å²) in [6.07, 6.45) is -2.00. The summed E-state index contributed by atoms with van der Waals surface area (Å²) in [5, 5.41) is -0.373. The third kappa shape index (κ3) is 11.7. The van der Waals surface area contributed by atoms with Crippen molar-refractivity contribution in [1.29, 1.82) is 0 Å². The summed E-state index contributed by atoms with van der Waals surface area (Å²) in [4.78, 5) is 15.5. The second-order valence-electron chi connectivity index (χ2n) is 7.50. The molecule has 0 saturated carbocycles. The molecule has 1 amide bonds. The minimum Gasteiger partial charge on any atom is -0.491 e. The molecule has 0 radical (unpaired) electrons. The van der Waals surface area contributed by atoms with Gasteiger partial charge in [0, 0.05) is 45.2 Å². The standard InChI is InChI=1S/C23H27ClF3N3O8S/c1-34-9-4-8-29-39(32,33)30-22(31)37-10-3-5-16-6-7-18(36-12-11-35-2)14-20(16)38-21-19(24)13-17(15-28-21)23(25,26)27/h3,5-7,13-15,29H,4,8-12H2,1-2H3,(H,30,31)/b5-3+. The lowest BCUT2D eigenvalue weighted by atomic mass is 10.1. The van der Waals surface area contributed by atoms with Crippen LogP contribution in [0.4, 0.5) is 18.0 Å². The van der Waals surface area contributed by atoms with Gasteiger partial charge < -0.3 is 23.7 Å². The molecule has 1 aromatic carbocycles. The van der Waals surface area contributed by atoms with Crippen LogP contribution in [-0.4, -0.2) is 66.7 Å². The number of carbonyl (C=O) groups is 1. The van der Waals surface area contributed by atoms with Crippen LogP contribution in [0.25, 0.3) is 6.08 Å². The van der Waals surface area contributed by atoms with Gasteiger partial charge in [-0.2, -0.15) is 26.3 Å². The normalized spacial score (nSPS) is 11.9. The number of pyridine rings is 1. The van der Waals surface area contributed by atoms with Crippen molar-refractivity contribution >= 4 is 34.0 Å². The summed E-state index contributed by atoms with van der Waals surface area (Å²) >= 11 is 5.96. The summed E-state index contributed by atoms with van der Waals surface area (Å²) in [6.45, 7) is 0.599. The number of ether oxygens (including phenoxy) is 5. The predicted molar refractivity (Wildman–Crippen MR) is 135 cm³/mol. The number of nitrogens with one attached hydrogen (secondary N) is 2. The first kappa shape index (κ1) is 32.1. The number of benzene rings is 1. The molecule has 0 atom stereocenters. The van der Waals surface area contributed by atoms with Gasteiger partial charge in [0.15, 0.2) is 0 Å². The van der Waals surface area contributed by atoms with Gasteiger partial charge in [-0.25, -0.2) is 14.5 Å². The molecule has 0 aliphatic carbocycles. The topological polar surface area (TPSA) is 134 Å². The molecule has 16 heteroatoms. The molecular formula is C23H27ClF3N3O8S. The fraction of sp³-hybridized carbons (Fsp3) is 0.391. The molecule has 0 unspecified atom stereocenters. The maximum atomic E-state index is 12.9. The zero-order chi connectivity index (χ0) is 28.9. The number of carbonyl (C=O) groups excluding carboxylic acids is 1. The predicted octanol–water partition coefficient (Wildman–Crippen LogP) is 4.18. The van der Waals surface area contributed by atoms with E-state index in [1.165, 1.54) is 32.4 Å². The third-order valence-electron chi connectivity index (χ3n) is 4.53. The Bertz CT molecular complexity index is 1230. The number of amides is 1. The average Bonchev–Trinajstić information content (AvgIpc) is 2.86. The second-order valence-corrected chi connectivity index (χ2v) is 9.41. The SMILES string of the molecule is COCCCNS(=O)(=O)NC(=O)OC/C=C/c1ccc(OCCOC)cc1Oc1ncc(C(F)(F)F)cc1Cl. The number of halogens is 4. The molecule has 216 valence electrons. The molecule has 0 saturated heterocycles. The van der Waals surface area contributed by atoms with Crippen LogP contribution in [-0.2, 0) is 30.6 Å². The molecule has 0 bridgehead atoms. The van der Waals surface area contributed by atoms with E-state index in [0.717, 1.165) is 0 Å². The van der Waals surface area contributed by atoms with Crippen LogP contribution in [0.3, 0.4) is 0 Å². The van der Waals surface area contributed by atoms with Gasteiger partial charge in [0.25, 0.3) is 0 Å². The van der Waals surface area contributed by atoms with Gasteiger partial charge in [-0.05, 0) is 30.7 Å². The highest BCUT2D eigenvalue weighted by molar-refractivity contribution is 7.88. The minimum absolute atomic E-state index is 0.0577. The molecule has 2 rings (SSSR count). The lowest BCUT2D eigenvalue weighted by Crippen LogP contribution is -2.41. The monoisotopic (exact) mass is 597 g/mol. The zero-order valence-electron chi connectivity index (χ0n) is 20.9. The Morgan fingerprint density at radius 3 is 2.54 bits per heavy atom. The highest BCUT2D eigenvalue weighted by Crippen LogP contribution is 2.36. The number of alkyl halides is 3. The average molecular weight is 598 g/mol. The number of methoxy groups -OCH3 is 2. The van der Waals surface area contributed by atoms with Gasteiger partial charge in [-0.15, -0.1) is 0 Å². The number of rotatable bonds is 15. The largest absolute Gasteiger partial charge is 0.491 e. The van der Waals surface area contributed by atoms with Crippen LogP contribution in [0.15, 0.2) is 36.5 Å². The maximum absolute atomic E-state index is 12.9. The summed E-state index contributed by atoms with van der Waals surface area (Å²) in [6, 6.07) is 5.31. The first-order valence-electron chi connectivity index (χ1n) is 11.2. The van der Waals surface area contributed by atoms with Crippen molar-refractivity contribution in [1.82, 2.24) is 14.4 Å². The molecule has 0 aliphatic heterocycles. The fourth-order valence-electron chi connectivity index (χ4n) is 2.73. The Morgan fingerprint density at radius 1 is 1.13 bits per heavy atom. The molecular weight excluding hydrogens is 571 g/mol. The Kier molecular flexibility index (Phi) is 12.7. The van der Waals surface area contributed by atoms with E-state index >= 15 is 0 Å². The molecule has 0 aliphatic rings. The molecule has 2 aromatic rings. The van der Waals surface area contributed by atoms with Crippen molar-refractivity contribution in [3.05, 3.63) is 52.7 Å². The Hall–Kier alpha value is -3.11. The molecule has 11 nitrogen and oxygen atoms in total. The van der Waals surface area contributed by atoms with E-state index in [0.29, 0.717) is 43.2 Å². The van der Waals surface area contributed by atoms with Crippen molar-refractivity contribution in [3.63, 3.8) is 0 Å². The lowest BCUT2D eigenvalue weighted by molar-refractivity contribution is -0.137. The van der Waals surface area contributed by atoms with E-state index in [4.69, 9.17) is 35.3 Å². The number of hydrogen-bond donors (Lipinski definition) is 2. The highest BCUT2D eigenvalue weighted by atomic mass is 35.5. The summed E-state index contributed by atoms with van der Waals surface area (Å²) < 4.78 is 92.1. The van der Waals surface area contributed by atoms with Crippen molar-refractivity contribution in [2.24, 2.45) is 0 Å². The van der Waals surface area contributed by atoms with Crippen LogP contribution in [0, 0.1) is 0 Å². The van der Waals surface area contributed by atoms with E-state index in [1.807, 2.05) is 0 Å². The van der Waals surface area contributed by atoms with Crippen LogP contribution >= 0.6 is 11.6 Å². The van der Waals surface area contributed by atoms with E-state index in [1.54, 1.807) is 16.9 Å². The van der Waals surface area contributed by atoms with Crippen LogP contribution in [0.1, 0.15) is 17.5 Å². The van der Waals surface area contributed by atoms with Gasteiger partial charge in [0.2, 0.25) is 5.88 Å². The molecule has 0 fully saturated rings. The number of hydrogen-bond acceptors (Lipinski definition) is 9. The molecule has 1 aromatic heterocycles. The van der Waals surface area contributed by atoms with Gasteiger partial charge in [0.1, 0.15) is 29.7 Å². The maximum Gasteiger partial charge on any atom is 0.422 e. The smallest absolute Gasteiger partial charge is 0.422 e. The van der Waals surface area contributed by atoms with Crippen LogP contribution in [0.5, 0.6) is 17.4 Å². The Labute approximate surface area is 228 Å². The summed E-state index contributed by atoms with van der Waals surface area (Å²) in [5.74, 6) is 0.191.